The number of benzene rings is 1. The van der Waals surface area contributed by atoms with E-state index in [0.29, 0.717) is 16.6 Å². The van der Waals surface area contributed by atoms with E-state index < -0.39 is 0 Å². The van der Waals surface area contributed by atoms with Gasteiger partial charge < -0.3 is 0 Å². The third kappa shape index (κ3) is 2.71. The Bertz CT molecular complexity index is 710. The molecule has 0 bridgehead atoms. The van der Waals surface area contributed by atoms with E-state index in [9.17, 15) is 4.79 Å². The van der Waals surface area contributed by atoms with Crippen LogP contribution < -0.4 is 5.56 Å². The van der Waals surface area contributed by atoms with Gasteiger partial charge in [-0.05, 0) is 43.2 Å². The zero-order valence-electron chi connectivity index (χ0n) is 12.6. The van der Waals surface area contributed by atoms with Crippen molar-refractivity contribution in [1.82, 2.24) is 9.55 Å². The molecule has 0 N–H and O–H groups in total. The molecule has 112 valence electrons. The Balaban J connectivity index is 2.09. The van der Waals surface area contributed by atoms with Gasteiger partial charge in [-0.25, -0.2) is 4.98 Å². The van der Waals surface area contributed by atoms with E-state index in [1.807, 2.05) is 28.8 Å². The SMILES string of the molecule is CC1(C)CCC(n2c(CCl)nc3ccccc3c2=O)CC1. The van der Waals surface area contributed by atoms with E-state index in [1.54, 1.807) is 0 Å². The average molecular weight is 305 g/mol. The van der Waals surface area contributed by atoms with Crippen molar-refractivity contribution in [3.05, 3.63) is 40.4 Å². The van der Waals surface area contributed by atoms with Crippen LogP contribution in [0.1, 0.15) is 51.4 Å². The molecule has 0 aliphatic heterocycles. The molecule has 0 spiro atoms. The van der Waals surface area contributed by atoms with Crippen molar-refractivity contribution < 1.29 is 0 Å². The minimum atomic E-state index is 0.0564. The topological polar surface area (TPSA) is 34.9 Å². The minimum Gasteiger partial charge on any atom is -0.292 e. The van der Waals surface area contributed by atoms with Crippen molar-refractivity contribution in [2.45, 2.75) is 51.5 Å². The molecule has 21 heavy (non-hydrogen) atoms. The highest BCUT2D eigenvalue weighted by Crippen LogP contribution is 2.40. The molecule has 1 heterocycles. The Hall–Kier alpha value is -1.35. The van der Waals surface area contributed by atoms with Gasteiger partial charge in [-0.3, -0.25) is 9.36 Å². The molecule has 1 saturated carbocycles. The zero-order chi connectivity index (χ0) is 15.0. The van der Waals surface area contributed by atoms with Gasteiger partial charge in [-0.1, -0.05) is 26.0 Å². The van der Waals surface area contributed by atoms with Crippen LogP contribution in [0.15, 0.2) is 29.1 Å². The summed E-state index contributed by atoms with van der Waals surface area (Å²) in [6.45, 7) is 4.60. The number of fused-ring (bicyclic) bond motifs is 1. The molecule has 0 unspecified atom stereocenters. The number of rotatable bonds is 2. The molecular formula is C17H21ClN2O. The van der Waals surface area contributed by atoms with Crippen molar-refractivity contribution in [2.75, 3.05) is 0 Å². The molecule has 0 atom stereocenters. The van der Waals surface area contributed by atoms with Crippen molar-refractivity contribution in [3.8, 4) is 0 Å². The quantitative estimate of drug-likeness (QED) is 0.776. The van der Waals surface area contributed by atoms with Crippen LogP contribution in [-0.4, -0.2) is 9.55 Å². The summed E-state index contributed by atoms with van der Waals surface area (Å²) in [5.41, 5.74) is 1.18. The maximum absolute atomic E-state index is 12.8. The van der Waals surface area contributed by atoms with Crippen LogP contribution in [-0.2, 0) is 5.88 Å². The second kappa shape index (κ2) is 5.45. The smallest absolute Gasteiger partial charge is 0.261 e. The summed E-state index contributed by atoms with van der Waals surface area (Å²) >= 11 is 6.06. The number of aromatic nitrogens is 2. The zero-order valence-corrected chi connectivity index (χ0v) is 13.4. The summed E-state index contributed by atoms with van der Waals surface area (Å²) in [6, 6.07) is 7.75. The third-order valence-corrected chi connectivity index (χ3v) is 4.91. The van der Waals surface area contributed by atoms with Crippen LogP contribution >= 0.6 is 11.6 Å². The average Bonchev–Trinajstić information content (AvgIpc) is 2.48. The number of nitrogens with zero attached hydrogens (tertiary/aromatic N) is 2. The van der Waals surface area contributed by atoms with Gasteiger partial charge in [0.1, 0.15) is 5.82 Å². The molecule has 1 fully saturated rings. The number of hydrogen-bond acceptors (Lipinski definition) is 2. The van der Waals surface area contributed by atoms with Gasteiger partial charge in [0.05, 0.1) is 16.8 Å². The maximum Gasteiger partial charge on any atom is 0.261 e. The highest BCUT2D eigenvalue weighted by atomic mass is 35.5. The van der Waals surface area contributed by atoms with Gasteiger partial charge in [0.15, 0.2) is 0 Å². The van der Waals surface area contributed by atoms with Gasteiger partial charge in [-0.15, -0.1) is 11.6 Å². The summed E-state index contributed by atoms with van der Waals surface area (Å²) < 4.78 is 1.85. The molecular weight excluding hydrogens is 284 g/mol. The first-order chi connectivity index (χ1) is 10.0. The van der Waals surface area contributed by atoms with Crippen LogP contribution in [0.3, 0.4) is 0 Å². The molecule has 0 saturated heterocycles. The highest BCUT2D eigenvalue weighted by Gasteiger charge is 2.29. The Labute approximate surface area is 130 Å². The van der Waals surface area contributed by atoms with E-state index >= 15 is 0 Å². The Morgan fingerprint density at radius 1 is 1.29 bits per heavy atom. The summed E-state index contributed by atoms with van der Waals surface area (Å²) in [7, 11) is 0. The summed E-state index contributed by atoms with van der Waals surface area (Å²) in [5, 5.41) is 0.691. The van der Waals surface area contributed by atoms with Gasteiger partial charge in [0, 0.05) is 6.04 Å². The lowest BCUT2D eigenvalue weighted by Crippen LogP contribution is -2.33. The molecule has 3 nitrogen and oxygen atoms in total. The predicted octanol–water partition coefficient (Wildman–Crippen LogP) is 4.28. The van der Waals surface area contributed by atoms with Crippen LogP contribution in [0.4, 0.5) is 0 Å². The van der Waals surface area contributed by atoms with Crippen molar-refractivity contribution >= 4 is 22.5 Å². The van der Waals surface area contributed by atoms with E-state index in [0.717, 1.165) is 31.2 Å². The second-order valence-electron chi connectivity index (χ2n) is 6.75. The second-order valence-corrected chi connectivity index (χ2v) is 7.02. The van der Waals surface area contributed by atoms with Gasteiger partial charge in [0.25, 0.3) is 5.56 Å². The van der Waals surface area contributed by atoms with E-state index in [1.165, 1.54) is 0 Å². The summed E-state index contributed by atoms with van der Waals surface area (Å²) in [5.74, 6) is 0.977. The first-order valence-corrected chi connectivity index (χ1v) is 8.11. The standard InChI is InChI=1S/C17H21ClN2O/c1-17(2)9-7-12(8-10-17)20-15(11-18)19-14-6-4-3-5-13(14)16(20)21/h3-6,12H,7-11H2,1-2H3. The molecule has 0 amide bonds. The molecule has 2 aromatic rings. The Kier molecular flexibility index (Phi) is 3.78. The number of halogens is 1. The van der Waals surface area contributed by atoms with Gasteiger partial charge in [0.2, 0.25) is 0 Å². The number of alkyl halides is 1. The largest absolute Gasteiger partial charge is 0.292 e. The monoisotopic (exact) mass is 304 g/mol. The van der Waals surface area contributed by atoms with Crippen LogP contribution in [0.5, 0.6) is 0 Å². The first-order valence-electron chi connectivity index (χ1n) is 7.58. The fourth-order valence-corrected chi connectivity index (χ4v) is 3.49. The van der Waals surface area contributed by atoms with Crippen LogP contribution in [0.25, 0.3) is 10.9 Å². The lowest BCUT2D eigenvalue weighted by atomic mass is 9.75. The Morgan fingerprint density at radius 2 is 1.95 bits per heavy atom. The molecule has 3 rings (SSSR count). The highest BCUT2D eigenvalue weighted by molar-refractivity contribution is 6.16. The van der Waals surface area contributed by atoms with Crippen LogP contribution in [0.2, 0.25) is 0 Å². The van der Waals surface area contributed by atoms with Gasteiger partial charge >= 0.3 is 0 Å². The fourth-order valence-electron chi connectivity index (χ4n) is 3.30. The predicted molar refractivity (Wildman–Crippen MR) is 86.8 cm³/mol. The number of para-hydroxylation sites is 1. The maximum atomic E-state index is 12.8. The summed E-state index contributed by atoms with van der Waals surface area (Å²) in [6.07, 6.45) is 4.32. The van der Waals surface area contributed by atoms with Crippen molar-refractivity contribution in [1.29, 1.82) is 0 Å². The normalized spacial score (nSPS) is 19.0. The Morgan fingerprint density at radius 3 is 2.62 bits per heavy atom. The fraction of sp³-hybridized carbons (Fsp3) is 0.529. The van der Waals surface area contributed by atoms with Gasteiger partial charge in [-0.2, -0.15) is 0 Å². The van der Waals surface area contributed by atoms with E-state index in [2.05, 4.69) is 18.8 Å². The lowest BCUT2D eigenvalue weighted by molar-refractivity contribution is 0.189. The molecule has 0 radical (unpaired) electrons. The molecule has 1 aromatic heterocycles. The molecule has 1 aromatic carbocycles. The van der Waals surface area contributed by atoms with E-state index in [4.69, 9.17) is 11.6 Å². The number of hydrogen-bond donors (Lipinski definition) is 0. The molecule has 1 aliphatic rings. The van der Waals surface area contributed by atoms with Crippen molar-refractivity contribution in [2.24, 2.45) is 5.41 Å². The third-order valence-electron chi connectivity index (χ3n) is 4.67. The van der Waals surface area contributed by atoms with E-state index in [-0.39, 0.29) is 17.5 Å². The lowest BCUT2D eigenvalue weighted by Gasteiger charge is -2.35. The van der Waals surface area contributed by atoms with Crippen LogP contribution in [0, 0.1) is 5.41 Å². The minimum absolute atomic E-state index is 0.0564. The summed E-state index contributed by atoms with van der Waals surface area (Å²) in [4.78, 5) is 17.4. The molecule has 4 heteroatoms. The first kappa shape index (κ1) is 14.6. The molecule has 1 aliphatic carbocycles. The van der Waals surface area contributed by atoms with Crippen molar-refractivity contribution in [3.63, 3.8) is 0 Å².